The molecular weight excluding hydrogens is 394 g/mol. The SMILES string of the molecule is COc1cccc(CNC(=O)c2ccccc2NC(=O)C(=O)N[C@@H]2CCCC[C@H]2C)c1. The molecule has 3 rings (SSSR count). The summed E-state index contributed by atoms with van der Waals surface area (Å²) in [5.74, 6) is -0.742. The van der Waals surface area contributed by atoms with Gasteiger partial charge in [0.2, 0.25) is 0 Å². The van der Waals surface area contributed by atoms with E-state index in [4.69, 9.17) is 4.74 Å². The van der Waals surface area contributed by atoms with Gasteiger partial charge in [-0.15, -0.1) is 0 Å². The summed E-state index contributed by atoms with van der Waals surface area (Å²) >= 11 is 0. The van der Waals surface area contributed by atoms with E-state index in [1.165, 1.54) is 0 Å². The molecule has 2 aromatic rings. The number of rotatable bonds is 6. The molecule has 0 aliphatic heterocycles. The number of nitrogens with one attached hydrogen (secondary N) is 3. The van der Waals surface area contributed by atoms with Crippen molar-refractivity contribution in [2.45, 2.75) is 45.2 Å². The molecule has 164 valence electrons. The van der Waals surface area contributed by atoms with E-state index in [1.54, 1.807) is 31.4 Å². The van der Waals surface area contributed by atoms with Crippen LogP contribution >= 0.6 is 0 Å². The maximum Gasteiger partial charge on any atom is 0.313 e. The summed E-state index contributed by atoms with van der Waals surface area (Å²) in [4.78, 5) is 37.5. The molecule has 0 radical (unpaired) electrons. The molecule has 0 bridgehead atoms. The summed E-state index contributed by atoms with van der Waals surface area (Å²) in [5.41, 5.74) is 1.47. The lowest BCUT2D eigenvalue weighted by molar-refractivity contribution is -0.137. The number of methoxy groups -OCH3 is 1. The molecule has 0 heterocycles. The number of para-hydroxylation sites is 1. The zero-order valence-corrected chi connectivity index (χ0v) is 17.9. The van der Waals surface area contributed by atoms with Crippen LogP contribution in [0.25, 0.3) is 0 Å². The minimum Gasteiger partial charge on any atom is -0.497 e. The van der Waals surface area contributed by atoms with Crippen molar-refractivity contribution < 1.29 is 19.1 Å². The van der Waals surface area contributed by atoms with Crippen molar-refractivity contribution in [2.24, 2.45) is 5.92 Å². The van der Waals surface area contributed by atoms with Gasteiger partial charge in [-0.2, -0.15) is 0 Å². The van der Waals surface area contributed by atoms with E-state index in [9.17, 15) is 14.4 Å². The van der Waals surface area contributed by atoms with Crippen LogP contribution < -0.4 is 20.7 Å². The fourth-order valence-electron chi connectivity index (χ4n) is 3.79. The van der Waals surface area contributed by atoms with E-state index in [1.807, 2.05) is 24.3 Å². The van der Waals surface area contributed by atoms with Gasteiger partial charge < -0.3 is 20.7 Å². The van der Waals surface area contributed by atoms with Crippen LogP contribution in [0.3, 0.4) is 0 Å². The van der Waals surface area contributed by atoms with E-state index in [0.29, 0.717) is 23.9 Å². The van der Waals surface area contributed by atoms with Crippen molar-refractivity contribution in [2.75, 3.05) is 12.4 Å². The van der Waals surface area contributed by atoms with Crippen LogP contribution in [-0.4, -0.2) is 30.9 Å². The molecule has 7 nitrogen and oxygen atoms in total. The van der Waals surface area contributed by atoms with Crippen molar-refractivity contribution in [3.05, 3.63) is 59.7 Å². The van der Waals surface area contributed by atoms with Crippen LogP contribution in [0.2, 0.25) is 0 Å². The molecule has 0 aromatic heterocycles. The fraction of sp³-hybridized carbons (Fsp3) is 0.375. The lowest BCUT2D eigenvalue weighted by Crippen LogP contribution is -2.46. The van der Waals surface area contributed by atoms with Gasteiger partial charge in [0, 0.05) is 12.6 Å². The Hall–Kier alpha value is -3.35. The van der Waals surface area contributed by atoms with Crippen LogP contribution in [-0.2, 0) is 16.1 Å². The Labute approximate surface area is 182 Å². The monoisotopic (exact) mass is 423 g/mol. The van der Waals surface area contributed by atoms with Gasteiger partial charge in [0.1, 0.15) is 5.75 Å². The first-order chi connectivity index (χ1) is 15.0. The summed E-state index contributed by atoms with van der Waals surface area (Å²) in [7, 11) is 1.59. The molecule has 1 aliphatic rings. The minimum absolute atomic E-state index is 0.00778. The van der Waals surface area contributed by atoms with Gasteiger partial charge in [-0.1, -0.05) is 44.0 Å². The largest absolute Gasteiger partial charge is 0.497 e. The Kier molecular flexibility index (Phi) is 7.65. The summed E-state index contributed by atoms with van der Waals surface area (Å²) in [6.45, 7) is 2.39. The van der Waals surface area contributed by atoms with Gasteiger partial charge in [-0.25, -0.2) is 0 Å². The Bertz CT molecular complexity index is 944. The Balaban J connectivity index is 1.61. The average Bonchev–Trinajstić information content (AvgIpc) is 2.79. The predicted molar refractivity (Wildman–Crippen MR) is 119 cm³/mol. The molecule has 3 N–H and O–H groups in total. The Morgan fingerprint density at radius 1 is 1.00 bits per heavy atom. The highest BCUT2D eigenvalue weighted by Gasteiger charge is 2.26. The third kappa shape index (κ3) is 6.07. The third-order valence-electron chi connectivity index (χ3n) is 5.64. The van der Waals surface area contributed by atoms with Crippen molar-refractivity contribution in [1.29, 1.82) is 0 Å². The first kappa shape index (κ1) is 22.3. The minimum atomic E-state index is -0.772. The van der Waals surface area contributed by atoms with Crippen LogP contribution in [0.15, 0.2) is 48.5 Å². The normalized spacial score (nSPS) is 18.0. The number of ether oxygens (including phenoxy) is 1. The number of hydrogen-bond donors (Lipinski definition) is 3. The van der Waals surface area contributed by atoms with E-state index < -0.39 is 11.8 Å². The molecule has 3 amide bonds. The molecule has 1 aliphatic carbocycles. The number of amides is 3. The highest BCUT2D eigenvalue weighted by atomic mass is 16.5. The number of benzene rings is 2. The second kappa shape index (κ2) is 10.6. The molecule has 2 aromatic carbocycles. The second-order valence-corrected chi connectivity index (χ2v) is 7.88. The Morgan fingerprint density at radius 2 is 1.77 bits per heavy atom. The zero-order valence-electron chi connectivity index (χ0n) is 17.9. The van der Waals surface area contributed by atoms with E-state index in [0.717, 1.165) is 31.2 Å². The summed E-state index contributed by atoms with van der Waals surface area (Å²) in [5, 5.41) is 8.25. The van der Waals surface area contributed by atoms with Crippen molar-refractivity contribution >= 4 is 23.4 Å². The molecular formula is C24H29N3O4. The predicted octanol–water partition coefficient (Wildman–Crippen LogP) is 3.26. The first-order valence-corrected chi connectivity index (χ1v) is 10.6. The highest BCUT2D eigenvalue weighted by molar-refractivity contribution is 6.40. The summed E-state index contributed by atoms with van der Waals surface area (Å²) in [6.07, 6.45) is 4.12. The smallest absolute Gasteiger partial charge is 0.313 e. The molecule has 31 heavy (non-hydrogen) atoms. The lowest BCUT2D eigenvalue weighted by atomic mass is 9.86. The quantitative estimate of drug-likeness (QED) is 0.622. The topological polar surface area (TPSA) is 96.5 Å². The van der Waals surface area contributed by atoms with Gasteiger partial charge >= 0.3 is 11.8 Å². The molecule has 7 heteroatoms. The lowest BCUT2D eigenvalue weighted by Gasteiger charge is -2.29. The second-order valence-electron chi connectivity index (χ2n) is 7.88. The van der Waals surface area contributed by atoms with E-state index in [-0.39, 0.29) is 17.5 Å². The van der Waals surface area contributed by atoms with Crippen molar-refractivity contribution in [3.8, 4) is 5.75 Å². The molecule has 2 atom stereocenters. The average molecular weight is 424 g/mol. The zero-order chi connectivity index (χ0) is 22.2. The maximum atomic E-state index is 12.7. The number of anilines is 1. The molecule has 0 saturated heterocycles. The third-order valence-corrected chi connectivity index (χ3v) is 5.64. The van der Waals surface area contributed by atoms with Crippen LogP contribution in [0.5, 0.6) is 5.75 Å². The van der Waals surface area contributed by atoms with Crippen LogP contribution in [0, 0.1) is 5.92 Å². The summed E-state index contributed by atoms with van der Waals surface area (Å²) < 4.78 is 5.19. The first-order valence-electron chi connectivity index (χ1n) is 10.6. The number of carbonyl (C=O) groups excluding carboxylic acids is 3. The van der Waals surface area contributed by atoms with Crippen LogP contribution in [0.1, 0.15) is 48.5 Å². The molecule has 0 spiro atoms. The number of hydrogen-bond acceptors (Lipinski definition) is 4. The van der Waals surface area contributed by atoms with Crippen molar-refractivity contribution in [3.63, 3.8) is 0 Å². The molecule has 1 saturated carbocycles. The fourth-order valence-corrected chi connectivity index (χ4v) is 3.79. The highest BCUT2D eigenvalue weighted by Crippen LogP contribution is 2.23. The molecule has 0 unspecified atom stereocenters. The Morgan fingerprint density at radius 3 is 2.55 bits per heavy atom. The van der Waals surface area contributed by atoms with Crippen LogP contribution in [0.4, 0.5) is 5.69 Å². The maximum absolute atomic E-state index is 12.7. The van der Waals surface area contributed by atoms with Gasteiger partial charge in [-0.05, 0) is 48.6 Å². The van der Waals surface area contributed by atoms with E-state index >= 15 is 0 Å². The molecule has 1 fully saturated rings. The standard InChI is InChI=1S/C24H29N3O4/c1-16-8-3-5-12-20(16)26-23(29)24(30)27-21-13-6-4-11-19(21)22(28)25-15-17-9-7-10-18(14-17)31-2/h4,6-7,9-11,13-14,16,20H,3,5,8,12,15H2,1-2H3,(H,25,28)(H,26,29)(H,27,30)/t16-,20-/m1/s1. The van der Waals surface area contributed by atoms with Gasteiger partial charge in [0.15, 0.2) is 0 Å². The van der Waals surface area contributed by atoms with Gasteiger partial charge in [0.05, 0.1) is 18.4 Å². The van der Waals surface area contributed by atoms with E-state index in [2.05, 4.69) is 22.9 Å². The van der Waals surface area contributed by atoms with Gasteiger partial charge in [0.25, 0.3) is 5.91 Å². The van der Waals surface area contributed by atoms with Crippen molar-refractivity contribution in [1.82, 2.24) is 10.6 Å². The summed E-state index contributed by atoms with van der Waals surface area (Å²) in [6, 6.07) is 14.0. The van der Waals surface area contributed by atoms with Gasteiger partial charge in [-0.3, -0.25) is 14.4 Å². The number of carbonyl (C=O) groups is 3.